The molecule has 1 unspecified atom stereocenters. The van der Waals surface area contributed by atoms with Gasteiger partial charge < -0.3 is 14.6 Å². The normalized spacial score (nSPS) is 15.4. The zero-order valence-corrected chi connectivity index (χ0v) is 17.2. The van der Waals surface area contributed by atoms with E-state index in [1.54, 1.807) is 12.1 Å². The molecule has 0 amide bonds. The average Bonchev–Trinajstić information content (AvgIpc) is 3.28. The molecule has 0 saturated carbocycles. The molecule has 1 atom stereocenters. The van der Waals surface area contributed by atoms with Crippen molar-refractivity contribution >= 4 is 17.3 Å². The van der Waals surface area contributed by atoms with E-state index in [0.717, 1.165) is 28.3 Å². The van der Waals surface area contributed by atoms with Gasteiger partial charge in [0.25, 0.3) is 0 Å². The molecule has 1 aromatic heterocycles. The summed E-state index contributed by atoms with van der Waals surface area (Å²) < 4.78 is 49.7. The van der Waals surface area contributed by atoms with Gasteiger partial charge in [-0.05, 0) is 25.1 Å². The lowest BCUT2D eigenvalue weighted by Crippen LogP contribution is -2.07. The summed E-state index contributed by atoms with van der Waals surface area (Å²) in [6.45, 7) is 2.40. The Morgan fingerprint density at radius 2 is 2.00 bits per heavy atom. The quantitative estimate of drug-likeness (QED) is 0.525. The Bertz CT molecular complexity index is 1110. The van der Waals surface area contributed by atoms with Crippen LogP contribution in [0.1, 0.15) is 34.0 Å². The number of aryl methyl sites for hydroxylation is 1. The molecule has 1 N–H and O–H groups in total. The summed E-state index contributed by atoms with van der Waals surface area (Å²) in [5.41, 5.74) is 1.52. The molecule has 1 aliphatic rings. The Labute approximate surface area is 180 Å². The fourth-order valence-corrected chi connectivity index (χ4v) is 4.34. The van der Waals surface area contributed by atoms with Crippen molar-refractivity contribution in [3.8, 4) is 22.1 Å². The number of rotatable bonds is 6. The van der Waals surface area contributed by atoms with Crippen molar-refractivity contribution in [1.29, 1.82) is 0 Å². The summed E-state index contributed by atoms with van der Waals surface area (Å²) in [6.07, 6.45) is -4.36. The van der Waals surface area contributed by atoms with E-state index in [1.807, 2.05) is 13.0 Å². The van der Waals surface area contributed by atoms with Gasteiger partial charge in [0.15, 0.2) is 0 Å². The van der Waals surface area contributed by atoms with Gasteiger partial charge in [0.05, 0.1) is 29.2 Å². The number of halogens is 3. The standard InChI is InChI=1S/C22H18F3NO4S/c1-12-19(31-21(26-12)13-2-4-15(5-3-13)22(23,24)25)11-29-16-6-7-17-14(8-20(27)28)10-30-18(17)9-16/h2-7,9,14H,8,10-11H2,1H3,(H,27,28). The zero-order chi connectivity index (χ0) is 22.2. The molecule has 1 aliphatic heterocycles. The summed E-state index contributed by atoms with van der Waals surface area (Å²) in [7, 11) is 0. The van der Waals surface area contributed by atoms with Crippen molar-refractivity contribution in [3.63, 3.8) is 0 Å². The summed E-state index contributed by atoms with van der Waals surface area (Å²) in [6, 6.07) is 10.3. The van der Waals surface area contributed by atoms with Crippen LogP contribution in [-0.2, 0) is 17.6 Å². The van der Waals surface area contributed by atoms with Crippen LogP contribution >= 0.6 is 11.3 Å². The van der Waals surface area contributed by atoms with Crippen molar-refractivity contribution in [3.05, 3.63) is 64.2 Å². The molecule has 31 heavy (non-hydrogen) atoms. The lowest BCUT2D eigenvalue weighted by Gasteiger charge is -2.08. The number of alkyl halides is 3. The van der Waals surface area contributed by atoms with Crippen LogP contribution in [0.2, 0.25) is 0 Å². The van der Waals surface area contributed by atoms with Gasteiger partial charge in [0.2, 0.25) is 0 Å². The van der Waals surface area contributed by atoms with Gasteiger partial charge in [-0.3, -0.25) is 4.79 Å². The van der Waals surface area contributed by atoms with Gasteiger partial charge in [-0.25, -0.2) is 4.98 Å². The van der Waals surface area contributed by atoms with Crippen molar-refractivity contribution in [2.24, 2.45) is 0 Å². The fourth-order valence-electron chi connectivity index (χ4n) is 3.36. The number of carboxylic acid groups (broad SMARTS) is 1. The molecule has 0 radical (unpaired) electrons. The van der Waals surface area contributed by atoms with E-state index in [-0.39, 0.29) is 18.9 Å². The number of thiazole rings is 1. The van der Waals surface area contributed by atoms with Crippen molar-refractivity contribution in [2.45, 2.75) is 32.0 Å². The number of nitrogens with zero attached hydrogens (tertiary/aromatic N) is 1. The van der Waals surface area contributed by atoms with Crippen LogP contribution in [0, 0.1) is 6.92 Å². The first-order chi connectivity index (χ1) is 14.7. The number of hydrogen-bond donors (Lipinski definition) is 1. The van der Waals surface area contributed by atoms with Crippen molar-refractivity contribution in [2.75, 3.05) is 6.61 Å². The third-order valence-electron chi connectivity index (χ3n) is 5.01. The van der Waals surface area contributed by atoms with E-state index < -0.39 is 17.7 Å². The Morgan fingerprint density at radius 1 is 1.26 bits per heavy atom. The maximum absolute atomic E-state index is 12.7. The molecular weight excluding hydrogens is 431 g/mol. The minimum Gasteiger partial charge on any atom is -0.492 e. The Balaban J connectivity index is 1.44. The van der Waals surface area contributed by atoms with Crippen molar-refractivity contribution in [1.82, 2.24) is 4.98 Å². The minimum atomic E-state index is -4.37. The summed E-state index contributed by atoms with van der Waals surface area (Å²) in [4.78, 5) is 16.3. The smallest absolute Gasteiger partial charge is 0.416 e. The van der Waals surface area contributed by atoms with E-state index in [2.05, 4.69) is 4.98 Å². The van der Waals surface area contributed by atoms with Gasteiger partial charge >= 0.3 is 12.1 Å². The first-order valence-electron chi connectivity index (χ1n) is 9.46. The Kier molecular flexibility index (Phi) is 5.62. The van der Waals surface area contributed by atoms with Gasteiger partial charge in [-0.1, -0.05) is 18.2 Å². The number of carbonyl (C=O) groups is 1. The highest BCUT2D eigenvalue weighted by atomic mass is 32.1. The Morgan fingerprint density at radius 3 is 2.68 bits per heavy atom. The largest absolute Gasteiger partial charge is 0.492 e. The van der Waals surface area contributed by atoms with Crippen LogP contribution in [0.15, 0.2) is 42.5 Å². The van der Waals surface area contributed by atoms with Crippen LogP contribution < -0.4 is 9.47 Å². The fraction of sp³-hybridized carbons (Fsp3) is 0.273. The molecule has 0 aliphatic carbocycles. The summed E-state index contributed by atoms with van der Waals surface area (Å²) in [5, 5.41) is 9.61. The summed E-state index contributed by atoms with van der Waals surface area (Å²) in [5.74, 6) is 0.164. The highest BCUT2D eigenvalue weighted by Gasteiger charge is 2.30. The molecule has 162 valence electrons. The molecule has 0 bridgehead atoms. The molecule has 3 aromatic rings. The topological polar surface area (TPSA) is 68.7 Å². The number of carboxylic acids is 1. The number of hydrogen-bond acceptors (Lipinski definition) is 5. The zero-order valence-electron chi connectivity index (χ0n) is 16.4. The monoisotopic (exact) mass is 449 g/mol. The molecule has 0 spiro atoms. The second-order valence-corrected chi connectivity index (χ2v) is 8.28. The highest BCUT2D eigenvalue weighted by molar-refractivity contribution is 7.15. The molecule has 0 saturated heterocycles. The van der Waals surface area contributed by atoms with Crippen LogP contribution in [0.25, 0.3) is 10.6 Å². The number of aliphatic carboxylic acids is 1. The lowest BCUT2D eigenvalue weighted by atomic mass is 9.98. The van der Waals surface area contributed by atoms with Crippen LogP contribution in [0.3, 0.4) is 0 Å². The molecule has 5 nitrogen and oxygen atoms in total. The molecule has 4 rings (SSSR count). The van der Waals surface area contributed by atoms with Crippen LogP contribution in [-0.4, -0.2) is 22.7 Å². The predicted molar refractivity (Wildman–Crippen MR) is 109 cm³/mol. The molecular formula is C22H18F3NO4S. The number of fused-ring (bicyclic) bond motifs is 1. The maximum Gasteiger partial charge on any atom is 0.416 e. The maximum atomic E-state index is 12.7. The Hall–Kier alpha value is -3.07. The molecule has 9 heteroatoms. The third-order valence-corrected chi connectivity index (χ3v) is 6.19. The predicted octanol–water partition coefficient (Wildman–Crippen LogP) is 5.67. The van der Waals surface area contributed by atoms with E-state index in [9.17, 15) is 18.0 Å². The van der Waals surface area contributed by atoms with Crippen molar-refractivity contribution < 1.29 is 32.5 Å². The van der Waals surface area contributed by atoms with E-state index in [1.165, 1.54) is 23.5 Å². The first kappa shape index (κ1) is 21.2. The second kappa shape index (κ2) is 8.22. The van der Waals surface area contributed by atoms with Crippen LogP contribution in [0.5, 0.6) is 11.5 Å². The average molecular weight is 449 g/mol. The number of aromatic nitrogens is 1. The first-order valence-corrected chi connectivity index (χ1v) is 10.3. The third kappa shape index (κ3) is 4.66. The highest BCUT2D eigenvalue weighted by Crippen LogP contribution is 2.39. The van der Waals surface area contributed by atoms with Gasteiger partial charge in [0, 0.05) is 23.1 Å². The molecule has 0 fully saturated rings. The second-order valence-electron chi connectivity index (χ2n) is 7.20. The van der Waals surface area contributed by atoms with Gasteiger partial charge in [-0.15, -0.1) is 11.3 Å². The SMILES string of the molecule is Cc1nc(-c2ccc(C(F)(F)F)cc2)sc1COc1ccc2c(c1)OCC2CC(=O)O. The molecule has 2 heterocycles. The van der Waals surface area contributed by atoms with E-state index >= 15 is 0 Å². The summed E-state index contributed by atoms with van der Waals surface area (Å²) >= 11 is 1.36. The lowest BCUT2D eigenvalue weighted by molar-refractivity contribution is -0.138. The van der Waals surface area contributed by atoms with E-state index in [0.29, 0.717) is 28.7 Å². The molecule has 2 aromatic carbocycles. The van der Waals surface area contributed by atoms with Gasteiger partial charge in [-0.2, -0.15) is 13.2 Å². The number of ether oxygens (including phenoxy) is 2. The van der Waals surface area contributed by atoms with E-state index in [4.69, 9.17) is 14.6 Å². The van der Waals surface area contributed by atoms with Crippen LogP contribution in [0.4, 0.5) is 13.2 Å². The number of benzene rings is 2. The van der Waals surface area contributed by atoms with Gasteiger partial charge in [0.1, 0.15) is 23.1 Å². The minimum absolute atomic E-state index is 0.0139.